The molecule has 3 rings (SSSR count). The lowest BCUT2D eigenvalue weighted by Gasteiger charge is -2.28. The number of urea groups is 1. The van der Waals surface area contributed by atoms with E-state index in [1.165, 1.54) is 43.5 Å². The minimum atomic E-state index is -0.788. The zero-order valence-electron chi connectivity index (χ0n) is 16.1. The van der Waals surface area contributed by atoms with Gasteiger partial charge in [0.1, 0.15) is 0 Å². The minimum absolute atomic E-state index is 0.163. The van der Waals surface area contributed by atoms with Crippen molar-refractivity contribution in [2.75, 3.05) is 12.4 Å². The third-order valence-electron chi connectivity index (χ3n) is 4.49. The van der Waals surface area contributed by atoms with Crippen molar-refractivity contribution in [3.63, 3.8) is 0 Å². The lowest BCUT2D eigenvalue weighted by atomic mass is 9.94. The van der Waals surface area contributed by atoms with Crippen molar-refractivity contribution in [3.8, 4) is 0 Å². The predicted molar refractivity (Wildman–Crippen MR) is 107 cm³/mol. The lowest BCUT2D eigenvalue weighted by molar-refractivity contribution is -0.384. The second-order valence-corrected chi connectivity index (χ2v) is 6.45. The molecule has 1 aliphatic heterocycles. The van der Waals surface area contributed by atoms with Crippen molar-refractivity contribution in [1.82, 2.24) is 10.6 Å². The van der Waals surface area contributed by atoms with Gasteiger partial charge in [0.25, 0.3) is 11.6 Å². The largest absolute Gasteiger partial charge is 0.465 e. The first-order valence-electron chi connectivity index (χ1n) is 8.82. The molecule has 0 aromatic heterocycles. The summed E-state index contributed by atoms with van der Waals surface area (Å²) in [6.07, 6.45) is 0. The molecule has 1 atom stereocenters. The van der Waals surface area contributed by atoms with Crippen LogP contribution < -0.4 is 16.0 Å². The van der Waals surface area contributed by atoms with Gasteiger partial charge in [-0.15, -0.1) is 0 Å². The molecule has 1 heterocycles. The van der Waals surface area contributed by atoms with E-state index in [0.717, 1.165) is 0 Å². The van der Waals surface area contributed by atoms with Crippen LogP contribution >= 0.6 is 0 Å². The van der Waals surface area contributed by atoms with E-state index in [4.69, 9.17) is 0 Å². The molecular weight excluding hydrogens is 392 g/mol. The maximum atomic E-state index is 13.0. The highest BCUT2D eigenvalue weighted by molar-refractivity contribution is 6.07. The molecule has 0 spiro atoms. The van der Waals surface area contributed by atoms with Gasteiger partial charge in [0.15, 0.2) is 0 Å². The van der Waals surface area contributed by atoms with Crippen LogP contribution in [-0.2, 0) is 9.53 Å². The number of hydrogen-bond donors (Lipinski definition) is 3. The first kappa shape index (κ1) is 20.5. The third kappa shape index (κ3) is 4.27. The summed E-state index contributed by atoms with van der Waals surface area (Å²) in [5.41, 5.74) is 1.54. The smallest absolute Gasteiger partial charge is 0.337 e. The fraction of sp³-hybridized carbons (Fsp3) is 0.150. The first-order valence-corrected chi connectivity index (χ1v) is 8.82. The average Bonchev–Trinajstić information content (AvgIpc) is 2.72. The number of ether oxygens (including phenoxy) is 1. The van der Waals surface area contributed by atoms with Gasteiger partial charge in [-0.25, -0.2) is 9.59 Å². The molecular formula is C20H18N4O6. The van der Waals surface area contributed by atoms with Gasteiger partial charge in [0.2, 0.25) is 0 Å². The fourth-order valence-electron chi connectivity index (χ4n) is 3.07. The number of allylic oxidation sites excluding steroid dienone is 1. The summed E-state index contributed by atoms with van der Waals surface area (Å²) in [7, 11) is 1.27. The van der Waals surface area contributed by atoms with E-state index in [-0.39, 0.29) is 16.9 Å². The Morgan fingerprint density at radius 1 is 1.17 bits per heavy atom. The fourth-order valence-corrected chi connectivity index (χ4v) is 3.07. The average molecular weight is 410 g/mol. The molecule has 0 fully saturated rings. The summed E-state index contributed by atoms with van der Waals surface area (Å²) in [6.45, 7) is 1.58. The molecule has 0 bridgehead atoms. The number of non-ortho nitro benzene ring substituents is 1. The number of benzene rings is 2. The van der Waals surface area contributed by atoms with Crippen LogP contribution in [0.5, 0.6) is 0 Å². The van der Waals surface area contributed by atoms with E-state index in [0.29, 0.717) is 16.8 Å². The van der Waals surface area contributed by atoms with Gasteiger partial charge < -0.3 is 20.7 Å². The van der Waals surface area contributed by atoms with Crippen molar-refractivity contribution in [2.24, 2.45) is 0 Å². The van der Waals surface area contributed by atoms with Crippen LogP contribution in [0.2, 0.25) is 0 Å². The highest BCUT2D eigenvalue weighted by Gasteiger charge is 2.31. The van der Waals surface area contributed by atoms with Gasteiger partial charge in [-0.3, -0.25) is 14.9 Å². The second kappa shape index (κ2) is 8.43. The molecule has 2 aromatic rings. The van der Waals surface area contributed by atoms with Crippen LogP contribution in [0.1, 0.15) is 28.9 Å². The van der Waals surface area contributed by atoms with Crippen LogP contribution in [0.4, 0.5) is 16.2 Å². The Balaban J connectivity index is 1.91. The van der Waals surface area contributed by atoms with Gasteiger partial charge in [-0.1, -0.05) is 18.2 Å². The van der Waals surface area contributed by atoms with Crippen LogP contribution in [0, 0.1) is 10.1 Å². The number of hydrogen-bond acceptors (Lipinski definition) is 6. The Bertz CT molecular complexity index is 1060. The number of nitro benzene ring substituents is 1. The van der Waals surface area contributed by atoms with Gasteiger partial charge in [-0.05, 0) is 30.7 Å². The molecule has 1 unspecified atom stereocenters. The standard InChI is InChI=1S/C20H18N4O6/c1-11-16(18(25)22-14-4-3-5-15(10-14)24(28)29)17(23-20(27)21-11)12-6-8-13(9-7-12)19(26)30-2/h3-10,17H,1-2H3,(H,22,25)(H2,21,23,27). The summed E-state index contributed by atoms with van der Waals surface area (Å²) in [5, 5.41) is 18.8. The van der Waals surface area contributed by atoms with E-state index in [1.54, 1.807) is 19.1 Å². The maximum Gasteiger partial charge on any atom is 0.337 e. The zero-order valence-corrected chi connectivity index (χ0v) is 16.1. The number of amides is 3. The number of anilines is 1. The minimum Gasteiger partial charge on any atom is -0.465 e. The van der Waals surface area contributed by atoms with Gasteiger partial charge in [0.05, 0.1) is 29.2 Å². The molecule has 10 heteroatoms. The molecule has 2 aromatic carbocycles. The van der Waals surface area contributed by atoms with E-state index in [2.05, 4.69) is 20.7 Å². The molecule has 10 nitrogen and oxygen atoms in total. The molecule has 30 heavy (non-hydrogen) atoms. The molecule has 154 valence electrons. The molecule has 0 saturated carbocycles. The van der Waals surface area contributed by atoms with Gasteiger partial charge in [-0.2, -0.15) is 0 Å². The normalized spacial score (nSPS) is 15.7. The van der Waals surface area contributed by atoms with E-state index >= 15 is 0 Å². The number of carbonyl (C=O) groups is 3. The Hall–Kier alpha value is -4.21. The highest BCUT2D eigenvalue weighted by atomic mass is 16.6. The van der Waals surface area contributed by atoms with E-state index < -0.39 is 28.9 Å². The Kier molecular flexibility index (Phi) is 5.77. The van der Waals surface area contributed by atoms with Gasteiger partial charge in [0, 0.05) is 23.5 Å². The quantitative estimate of drug-likeness (QED) is 0.393. The number of nitrogens with zero attached hydrogens (tertiary/aromatic N) is 1. The van der Waals surface area contributed by atoms with Crippen molar-refractivity contribution in [1.29, 1.82) is 0 Å². The summed E-state index contributed by atoms with van der Waals surface area (Å²) < 4.78 is 4.67. The second-order valence-electron chi connectivity index (χ2n) is 6.45. The molecule has 0 radical (unpaired) electrons. The SMILES string of the molecule is COC(=O)c1ccc(C2NC(=O)NC(C)=C2C(=O)Nc2cccc([N+](=O)[O-])c2)cc1. The van der Waals surface area contributed by atoms with Crippen LogP contribution in [-0.4, -0.2) is 29.9 Å². The summed E-state index contributed by atoms with van der Waals surface area (Å²) in [4.78, 5) is 47.0. The van der Waals surface area contributed by atoms with Crippen LogP contribution in [0.3, 0.4) is 0 Å². The molecule has 0 aliphatic carbocycles. The topological polar surface area (TPSA) is 140 Å². The van der Waals surface area contributed by atoms with E-state index in [1.807, 2.05) is 0 Å². The Morgan fingerprint density at radius 3 is 2.50 bits per heavy atom. The first-order chi connectivity index (χ1) is 14.3. The molecule has 3 amide bonds. The predicted octanol–water partition coefficient (Wildman–Crippen LogP) is 2.65. The maximum absolute atomic E-state index is 13.0. The highest BCUT2D eigenvalue weighted by Crippen LogP contribution is 2.28. The third-order valence-corrected chi connectivity index (χ3v) is 4.49. The number of methoxy groups -OCH3 is 1. The number of esters is 1. The Morgan fingerprint density at radius 2 is 1.87 bits per heavy atom. The summed E-state index contributed by atoms with van der Waals surface area (Å²) in [6, 6.07) is 10.5. The Labute approximate surface area is 171 Å². The monoisotopic (exact) mass is 410 g/mol. The lowest BCUT2D eigenvalue weighted by Crippen LogP contribution is -2.46. The summed E-state index contributed by atoms with van der Waals surface area (Å²) >= 11 is 0. The van der Waals surface area contributed by atoms with Gasteiger partial charge >= 0.3 is 12.0 Å². The van der Waals surface area contributed by atoms with Crippen molar-refractivity contribution < 1.29 is 24.0 Å². The molecule has 0 saturated heterocycles. The number of nitro groups is 1. The number of rotatable bonds is 5. The van der Waals surface area contributed by atoms with Crippen molar-refractivity contribution in [2.45, 2.75) is 13.0 Å². The van der Waals surface area contributed by atoms with Crippen LogP contribution in [0.15, 0.2) is 59.8 Å². The van der Waals surface area contributed by atoms with Crippen LogP contribution in [0.25, 0.3) is 0 Å². The molecule has 1 aliphatic rings. The van der Waals surface area contributed by atoms with Crippen molar-refractivity contribution >= 4 is 29.3 Å². The van der Waals surface area contributed by atoms with E-state index in [9.17, 15) is 24.5 Å². The van der Waals surface area contributed by atoms with Crippen molar-refractivity contribution in [3.05, 3.63) is 81.0 Å². The number of carbonyl (C=O) groups excluding carboxylic acids is 3. The molecule has 3 N–H and O–H groups in total. The zero-order chi connectivity index (χ0) is 21.8. The number of nitrogens with one attached hydrogen (secondary N) is 3. The summed E-state index contributed by atoms with van der Waals surface area (Å²) in [5.74, 6) is -1.05.